The first kappa shape index (κ1) is 23.9. The predicted octanol–water partition coefficient (Wildman–Crippen LogP) is 5.05. The summed E-state index contributed by atoms with van der Waals surface area (Å²) in [6.45, 7) is 9.26. The minimum absolute atomic E-state index is 0.144. The van der Waals surface area contributed by atoms with E-state index in [9.17, 15) is 5.11 Å². The summed E-state index contributed by atoms with van der Waals surface area (Å²) in [6, 6.07) is 10.2. The number of hydrogen-bond acceptors (Lipinski definition) is 6. The normalized spacial score (nSPS) is 12.7. The molecule has 174 valence electrons. The number of hydrogen-bond donors (Lipinski definition) is 3. The van der Waals surface area contributed by atoms with Crippen LogP contribution in [0, 0.1) is 0 Å². The molecule has 1 aromatic carbocycles. The van der Waals surface area contributed by atoms with Gasteiger partial charge >= 0.3 is 0 Å². The van der Waals surface area contributed by atoms with Crippen molar-refractivity contribution in [3.63, 3.8) is 0 Å². The maximum absolute atomic E-state index is 9.60. The molecule has 0 spiro atoms. The molecule has 2 aromatic heterocycles. The first-order chi connectivity index (χ1) is 15.3. The highest BCUT2D eigenvalue weighted by Gasteiger charge is 2.19. The van der Waals surface area contributed by atoms with Crippen molar-refractivity contribution in [2.24, 2.45) is 0 Å². The van der Waals surface area contributed by atoms with E-state index in [0.717, 1.165) is 47.4 Å². The van der Waals surface area contributed by atoms with E-state index in [0.29, 0.717) is 18.9 Å². The second-order valence-corrected chi connectivity index (χ2v) is 9.26. The second-order valence-electron chi connectivity index (χ2n) is 9.26. The summed E-state index contributed by atoms with van der Waals surface area (Å²) in [7, 11) is 1.69. The maximum Gasteiger partial charge on any atom is 0.225 e. The molecule has 3 rings (SSSR count). The third-order valence-electron chi connectivity index (χ3n) is 5.36. The van der Waals surface area contributed by atoms with Crippen LogP contribution in [-0.4, -0.2) is 44.9 Å². The Kier molecular flexibility index (Phi) is 7.96. The minimum Gasteiger partial charge on any atom is -0.496 e. The molecule has 0 saturated heterocycles. The van der Waals surface area contributed by atoms with Crippen LogP contribution in [-0.2, 0) is 6.54 Å². The Labute approximate surface area is 191 Å². The van der Waals surface area contributed by atoms with Crippen molar-refractivity contribution in [2.75, 3.05) is 24.4 Å². The van der Waals surface area contributed by atoms with Crippen molar-refractivity contribution in [3.05, 3.63) is 42.1 Å². The molecule has 3 aromatic rings. The fraction of sp³-hybridized carbons (Fsp3) is 0.520. The molecule has 0 amide bonds. The number of rotatable bonds is 11. The number of aliphatic hydroxyl groups excluding tert-OH is 1. The van der Waals surface area contributed by atoms with Gasteiger partial charge in [-0.1, -0.05) is 38.0 Å². The quantitative estimate of drug-likeness (QED) is 0.388. The lowest BCUT2D eigenvalue weighted by Crippen LogP contribution is -2.28. The summed E-state index contributed by atoms with van der Waals surface area (Å²) >= 11 is 0. The lowest BCUT2D eigenvalue weighted by molar-refractivity contribution is 0.276. The van der Waals surface area contributed by atoms with Gasteiger partial charge in [0.2, 0.25) is 5.95 Å². The summed E-state index contributed by atoms with van der Waals surface area (Å²) in [5.74, 6) is 2.24. The lowest BCUT2D eigenvalue weighted by Gasteiger charge is -2.23. The van der Waals surface area contributed by atoms with E-state index >= 15 is 0 Å². The fourth-order valence-corrected chi connectivity index (χ4v) is 3.84. The molecule has 0 aliphatic heterocycles. The Bertz CT molecular complexity index is 1010. The Morgan fingerprint density at radius 1 is 1.12 bits per heavy atom. The molecule has 0 bridgehead atoms. The molecular formula is C25H37N5O2. The van der Waals surface area contributed by atoms with Gasteiger partial charge in [-0.25, -0.2) is 4.98 Å². The van der Waals surface area contributed by atoms with Gasteiger partial charge in [-0.05, 0) is 45.7 Å². The van der Waals surface area contributed by atoms with Gasteiger partial charge in [0.15, 0.2) is 5.82 Å². The number of nitrogens with zero attached hydrogens (tertiary/aromatic N) is 3. The largest absolute Gasteiger partial charge is 0.496 e. The topological polar surface area (TPSA) is 84.2 Å². The number of para-hydroxylation sites is 1. The molecule has 0 fully saturated rings. The number of nitrogens with one attached hydrogen (secondary N) is 2. The van der Waals surface area contributed by atoms with Crippen LogP contribution < -0.4 is 15.4 Å². The van der Waals surface area contributed by atoms with Crippen LogP contribution in [0.15, 0.2) is 36.5 Å². The van der Waals surface area contributed by atoms with Gasteiger partial charge in [-0.2, -0.15) is 4.98 Å². The SMILES string of the molecule is CCCC[C@@H](CCO)Nc1nc(NC(C)(C)C)nc2ccn(Cc3ccccc3OC)c12. The summed E-state index contributed by atoms with van der Waals surface area (Å²) in [5, 5.41) is 16.6. The molecule has 32 heavy (non-hydrogen) atoms. The first-order valence-electron chi connectivity index (χ1n) is 11.5. The minimum atomic E-state index is -0.155. The van der Waals surface area contributed by atoms with Gasteiger partial charge in [0.1, 0.15) is 11.3 Å². The van der Waals surface area contributed by atoms with Crippen LogP contribution in [0.25, 0.3) is 11.0 Å². The number of anilines is 2. The molecule has 0 radical (unpaired) electrons. The maximum atomic E-state index is 9.60. The van der Waals surface area contributed by atoms with Crippen molar-refractivity contribution in [3.8, 4) is 5.75 Å². The van der Waals surface area contributed by atoms with Crippen LogP contribution in [0.5, 0.6) is 5.75 Å². The van der Waals surface area contributed by atoms with E-state index in [1.54, 1.807) is 7.11 Å². The van der Waals surface area contributed by atoms with E-state index in [1.165, 1.54) is 0 Å². The third-order valence-corrected chi connectivity index (χ3v) is 5.36. The first-order valence-corrected chi connectivity index (χ1v) is 11.5. The number of benzene rings is 1. The Morgan fingerprint density at radius 2 is 1.91 bits per heavy atom. The lowest BCUT2D eigenvalue weighted by atomic mass is 10.1. The number of unbranched alkanes of at least 4 members (excludes halogenated alkanes) is 1. The van der Waals surface area contributed by atoms with Crippen LogP contribution in [0.2, 0.25) is 0 Å². The Hall–Kier alpha value is -2.80. The average molecular weight is 440 g/mol. The van der Waals surface area contributed by atoms with E-state index in [1.807, 2.05) is 30.5 Å². The number of fused-ring (bicyclic) bond motifs is 1. The number of aliphatic hydroxyl groups is 1. The van der Waals surface area contributed by atoms with Crippen LogP contribution in [0.4, 0.5) is 11.8 Å². The van der Waals surface area contributed by atoms with Crippen molar-refractivity contribution >= 4 is 22.8 Å². The molecule has 0 aliphatic carbocycles. The zero-order valence-electron chi connectivity index (χ0n) is 20.0. The Morgan fingerprint density at radius 3 is 2.59 bits per heavy atom. The molecule has 7 heteroatoms. The average Bonchev–Trinajstić information content (AvgIpc) is 3.14. The smallest absolute Gasteiger partial charge is 0.225 e. The van der Waals surface area contributed by atoms with Crippen molar-refractivity contribution in [2.45, 2.75) is 71.5 Å². The van der Waals surface area contributed by atoms with Crippen molar-refractivity contribution in [1.82, 2.24) is 14.5 Å². The molecule has 0 unspecified atom stereocenters. The number of aromatic nitrogens is 3. The molecule has 3 N–H and O–H groups in total. The second kappa shape index (κ2) is 10.7. The standard InChI is InChI=1S/C25H37N5O2/c1-6-7-11-19(14-16-31)26-23-22-20(27-24(28-23)29-25(2,3)4)13-15-30(22)17-18-10-8-9-12-21(18)32-5/h8-10,12-13,15,19,31H,6-7,11,14,16-17H2,1-5H3,(H2,26,27,28,29)/t19-/m0/s1. The van der Waals surface area contributed by atoms with E-state index in [4.69, 9.17) is 14.7 Å². The van der Waals surface area contributed by atoms with Gasteiger partial charge in [0, 0.05) is 29.9 Å². The molecule has 2 heterocycles. The summed E-state index contributed by atoms with van der Waals surface area (Å²) in [4.78, 5) is 9.64. The highest BCUT2D eigenvalue weighted by Crippen LogP contribution is 2.28. The zero-order chi connectivity index (χ0) is 23.1. The summed E-state index contributed by atoms with van der Waals surface area (Å²) in [6.07, 6.45) is 5.93. The van der Waals surface area contributed by atoms with Gasteiger partial charge in [-0.15, -0.1) is 0 Å². The van der Waals surface area contributed by atoms with Crippen molar-refractivity contribution < 1.29 is 9.84 Å². The highest BCUT2D eigenvalue weighted by molar-refractivity contribution is 5.88. The van der Waals surface area contributed by atoms with Gasteiger partial charge in [0.05, 0.1) is 19.2 Å². The van der Waals surface area contributed by atoms with Gasteiger partial charge in [0.25, 0.3) is 0 Å². The van der Waals surface area contributed by atoms with Crippen LogP contribution in [0.3, 0.4) is 0 Å². The predicted molar refractivity (Wildman–Crippen MR) is 132 cm³/mol. The van der Waals surface area contributed by atoms with Crippen LogP contribution >= 0.6 is 0 Å². The third kappa shape index (κ3) is 6.13. The Balaban J connectivity index is 2.04. The molecule has 1 atom stereocenters. The zero-order valence-corrected chi connectivity index (χ0v) is 20.0. The van der Waals surface area contributed by atoms with E-state index in [2.05, 4.69) is 49.0 Å². The van der Waals surface area contributed by atoms with Gasteiger partial charge < -0.3 is 25.0 Å². The highest BCUT2D eigenvalue weighted by atomic mass is 16.5. The molecular weight excluding hydrogens is 402 g/mol. The van der Waals surface area contributed by atoms with Gasteiger partial charge in [-0.3, -0.25) is 0 Å². The molecule has 0 aliphatic rings. The molecule has 7 nitrogen and oxygen atoms in total. The van der Waals surface area contributed by atoms with E-state index in [-0.39, 0.29) is 18.2 Å². The monoisotopic (exact) mass is 439 g/mol. The number of ether oxygens (including phenoxy) is 1. The van der Waals surface area contributed by atoms with Crippen LogP contribution in [0.1, 0.15) is 58.9 Å². The van der Waals surface area contributed by atoms with Crippen molar-refractivity contribution in [1.29, 1.82) is 0 Å². The summed E-state index contributed by atoms with van der Waals surface area (Å²) in [5.41, 5.74) is 2.77. The summed E-state index contributed by atoms with van der Waals surface area (Å²) < 4.78 is 7.71. The number of methoxy groups -OCH3 is 1. The fourth-order valence-electron chi connectivity index (χ4n) is 3.84. The molecule has 0 saturated carbocycles. The van der Waals surface area contributed by atoms with E-state index < -0.39 is 0 Å².